The summed E-state index contributed by atoms with van der Waals surface area (Å²) in [7, 11) is 0. The lowest BCUT2D eigenvalue weighted by Gasteiger charge is -2.30. The maximum Gasteiger partial charge on any atom is 0.153 e. The molecule has 0 spiro atoms. The van der Waals surface area contributed by atoms with Crippen LogP contribution in [-0.4, -0.2) is 21.1 Å². The second kappa shape index (κ2) is 6.79. The molecule has 5 rings (SSSR count). The van der Waals surface area contributed by atoms with Crippen LogP contribution in [0.4, 0.5) is 5.82 Å². The summed E-state index contributed by atoms with van der Waals surface area (Å²) in [6, 6.07) is 17.0. The number of hydrogen-bond donors (Lipinski definition) is 0. The number of aromatic nitrogens is 3. The Labute approximate surface area is 165 Å². The third kappa shape index (κ3) is 2.76. The quantitative estimate of drug-likeness (QED) is 0.527. The second-order valence-corrected chi connectivity index (χ2v) is 7.59. The summed E-state index contributed by atoms with van der Waals surface area (Å²) in [6.45, 7) is 7.08. The molecule has 0 fully saturated rings. The van der Waals surface area contributed by atoms with E-state index in [1.165, 1.54) is 33.3 Å². The summed E-state index contributed by atoms with van der Waals surface area (Å²) in [4.78, 5) is 11.8. The van der Waals surface area contributed by atoms with Crippen molar-refractivity contribution in [3.05, 3.63) is 89.0 Å². The Morgan fingerprint density at radius 1 is 0.893 bits per heavy atom. The Hall–Kier alpha value is -3.14. The number of fused-ring (bicyclic) bond motifs is 2. The van der Waals surface area contributed by atoms with E-state index in [9.17, 15) is 0 Å². The summed E-state index contributed by atoms with van der Waals surface area (Å²) in [5.74, 6) is 1.08. The summed E-state index contributed by atoms with van der Waals surface area (Å²) in [6.07, 6.45) is 4.88. The molecule has 1 aliphatic heterocycles. The molecule has 0 saturated heterocycles. The first-order valence-corrected chi connectivity index (χ1v) is 9.88. The highest BCUT2D eigenvalue weighted by molar-refractivity contribution is 5.93. The molecule has 28 heavy (non-hydrogen) atoms. The molecule has 4 heteroatoms. The van der Waals surface area contributed by atoms with Gasteiger partial charge >= 0.3 is 0 Å². The number of anilines is 1. The van der Waals surface area contributed by atoms with E-state index in [0.29, 0.717) is 0 Å². The van der Waals surface area contributed by atoms with Gasteiger partial charge in [0, 0.05) is 36.6 Å². The number of nitrogens with zero attached hydrogens (tertiary/aromatic N) is 4. The van der Waals surface area contributed by atoms with Gasteiger partial charge in [-0.2, -0.15) is 0 Å². The van der Waals surface area contributed by atoms with Crippen LogP contribution >= 0.6 is 0 Å². The van der Waals surface area contributed by atoms with Crippen molar-refractivity contribution in [1.29, 1.82) is 0 Å². The van der Waals surface area contributed by atoms with E-state index in [1.807, 2.05) is 18.5 Å². The van der Waals surface area contributed by atoms with Crippen molar-refractivity contribution in [3.63, 3.8) is 0 Å². The molecule has 4 nitrogen and oxygen atoms in total. The third-order valence-corrected chi connectivity index (χ3v) is 6.00. The van der Waals surface area contributed by atoms with Crippen LogP contribution in [-0.2, 0) is 19.5 Å². The lowest BCUT2D eigenvalue weighted by Crippen LogP contribution is -2.31. The van der Waals surface area contributed by atoms with E-state index in [4.69, 9.17) is 4.98 Å². The van der Waals surface area contributed by atoms with Crippen LogP contribution in [0.2, 0.25) is 0 Å². The summed E-state index contributed by atoms with van der Waals surface area (Å²) in [5.41, 5.74) is 7.77. The fourth-order valence-electron chi connectivity index (χ4n) is 4.34. The van der Waals surface area contributed by atoms with Gasteiger partial charge in [0.15, 0.2) is 5.82 Å². The number of benzene rings is 1. The van der Waals surface area contributed by atoms with E-state index >= 15 is 0 Å². The summed E-state index contributed by atoms with van der Waals surface area (Å²) < 4.78 is 2.38. The van der Waals surface area contributed by atoms with E-state index < -0.39 is 0 Å². The van der Waals surface area contributed by atoms with Gasteiger partial charge in [0.05, 0.1) is 17.8 Å². The van der Waals surface area contributed by atoms with Gasteiger partial charge in [0.25, 0.3) is 0 Å². The highest BCUT2D eigenvalue weighted by Gasteiger charge is 2.22. The van der Waals surface area contributed by atoms with Crippen molar-refractivity contribution in [3.8, 4) is 0 Å². The smallest absolute Gasteiger partial charge is 0.153 e. The van der Waals surface area contributed by atoms with E-state index in [-0.39, 0.29) is 0 Å². The zero-order valence-electron chi connectivity index (χ0n) is 16.4. The molecule has 3 aromatic heterocycles. The number of aryl methyl sites for hydroxylation is 1. The Balaban J connectivity index is 1.63. The molecule has 0 unspecified atom stereocenters. The number of hydrogen-bond acceptors (Lipinski definition) is 3. The Kier molecular flexibility index (Phi) is 4.12. The van der Waals surface area contributed by atoms with Crippen LogP contribution in [0, 0.1) is 13.8 Å². The molecule has 0 aliphatic carbocycles. The standard InChI is InChI=1S/C24H24N4/c1-17-18(2)28(16-21-9-5-6-12-25-21)23-22(17)10-13-26-24(23)27-14-11-19-7-3-4-8-20(19)15-27/h3-10,12-13H,11,14-16H2,1-2H3. The van der Waals surface area contributed by atoms with E-state index in [0.717, 1.165) is 37.6 Å². The van der Waals surface area contributed by atoms with Crippen molar-refractivity contribution in [2.24, 2.45) is 0 Å². The SMILES string of the molecule is Cc1c(C)n(Cc2ccccn2)c2c(N3CCc4ccccc4C3)nccc12. The van der Waals surface area contributed by atoms with Gasteiger partial charge in [0.2, 0.25) is 0 Å². The molecule has 4 heterocycles. The molecule has 1 aliphatic rings. The largest absolute Gasteiger partial charge is 0.350 e. The fourth-order valence-corrected chi connectivity index (χ4v) is 4.34. The van der Waals surface area contributed by atoms with Crippen LogP contribution in [0.5, 0.6) is 0 Å². The minimum Gasteiger partial charge on any atom is -0.350 e. The first-order valence-electron chi connectivity index (χ1n) is 9.88. The van der Waals surface area contributed by atoms with Gasteiger partial charge in [-0.05, 0) is 55.2 Å². The van der Waals surface area contributed by atoms with Gasteiger partial charge in [-0.3, -0.25) is 4.98 Å². The van der Waals surface area contributed by atoms with Gasteiger partial charge < -0.3 is 9.47 Å². The van der Waals surface area contributed by atoms with Crippen molar-refractivity contribution in [2.75, 3.05) is 11.4 Å². The van der Waals surface area contributed by atoms with Crippen LogP contribution in [0.15, 0.2) is 60.9 Å². The topological polar surface area (TPSA) is 34.0 Å². The lowest BCUT2D eigenvalue weighted by atomic mass is 10.00. The maximum atomic E-state index is 4.84. The van der Waals surface area contributed by atoms with Gasteiger partial charge in [-0.25, -0.2) is 4.98 Å². The number of pyridine rings is 2. The molecule has 1 aromatic carbocycles. The average Bonchev–Trinajstić information content (AvgIpc) is 2.99. The zero-order chi connectivity index (χ0) is 19.1. The normalized spacial score (nSPS) is 13.7. The monoisotopic (exact) mass is 368 g/mol. The maximum absolute atomic E-state index is 4.84. The van der Waals surface area contributed by atoms with Crippen molar-refractivity contribution in [1.82, 2.24) is 14.5 Å². The Bertz CT molecular complexity index is 1140. The molecule has 0 bridgehead atoms. The lowest BCUT2D eigenvalue weighted by molar-refractivity contribution is 0.715. The van der Waals surface area contributed by atoms with Gasteiger partial charge in [-0.1, -0.05) is 30.3 Å². The first kappa shape index (κ1) is 17.0. The minimum atomic E-state index is 0.764. The fraction of sp³-hybridized carbons (Fsp3) is 0.250. The molecule has 4 aromatic rings. The Morgan fingerprint density at radius 3 is 2.54 bits per heavy atom. The van der Waals surface area contributed by atoms with Crippen molar-refractivity contribution in [2.45, 2.75) is 33.4 Å². The third-order valence-electron chi connectivity index (χ3n) is 6.00. The Morgan fingerprint density at radius 2 is 1.71 bits per heavy atom. The van der Waals surface area contributed by atoms with E-state index in [2.05, 4.69) is 70.8 Å². The summed E-state index contributed by atoms with van der Waals surface area (Å²) >= 11 is 0. The molecule has 0 saturated carbocycles. The molecule has 0 N–H and O–H groups in total. The van der Waals surface area contributed by atoms with Crippen molar-refractivity contribution >= 4 is 16.7 Å². The predicted octanol–water partition coefficient (Wildman–Crippen LogP) is 4.66. The molecule has 140 valence electrons. The number of rotatable bonds is 3. The van der Waals surface area contributed by atoms with Crippen LogP contribution in [0.1, 0.15) is 28.1 Å². The second-order valence-electron chi connectivity index (χ2n) is 7.59. The van der Waals surface area contributed by atoms with Gasteiger partial charge in [-0.15, -0.1) is 0 Å². The highest BCUT2D eigenvalue weighted by atomic mass is 15.2. The predicted molar refractivity (Wildman–Crippen MR) is 114 cm³/mol. The molecule has 0 radical (unpaired) electrons. The van der Waals surface area contributed by atoms with Crippen molar-refractivity contribution < 1.29 is 0 Å². The zero-order valence-corrected chi connectivity index (χ0v) is 16.4. The molecule has 0 amide bonds. The first-order chi connectivity index (χ1) is 13.7. The highest BCUT2D eigenvalue weighted by Crippen LogP contribution is 2.34. The van der Waals surface area contributed by atoms with Crippen LogP contribution in [0.25, 0.3) is 10.9 Å². The van der Waals surface area contributed by atoms with Gasteiger partial charge in [0.1, 0.15) is 0 Å². The average molecular weight is 368 g/mol. The molecular weight excluding hydrogens is 344 g/mol. The summed E-state index contributed by atoms with van der Waals surface area (Å²) in [5, 5.41) is 1.29. The molecule has 0 atom stereocenters. The van der Waals surface area contributed by atoms with Crippen LogP contribution < -0.4 is 4.90 Å². The van der Waals surface area contributed by atoms with Crippen LogP contribution in [0.3, 0.4) is 0 Å². The minimum absolute atomic E-state index is 0.764. The van der Waals surface area contributed by atoms with E-state index in [1.54, 1.807) is 0 Å². The molecular formula is C24H24N4.